The van der Waals surface area contributed by atoms with Crippen molar-refractivity contribution in [1.82, 2.24) is 0 Å². The molecule has 114 valence electrons. The molecule has 1 rings (SSSR count). The number of anilines is 2. The lowest BCUT2D eigenvalue weighted by Crippen LogP contribution is -2.17. The summed E-state index contributed by atoms with van der Waals surface area (Å²) in [5.41, 5.74) is 7.03. The lowest BCUT2D eigenvalue weighted by atomic mass is 10.0. The molecule has 0 amide bonds. The van der Waals surface area contributed by atoms with Crippen molar-refractivity contribution in [2.75, 3.05) is 17.7 Å². The summed E-state index contributed by atoms with van der Waals surface area (Å²) in [6.45, 7) is 9.01. The SMILES string of the molecule is CCCOc1cc(NC(C)CCC(C)C)c(N)cc1F. The van der Waals surface area contributed by atoms with Crippen molar-refractivity contribution in [1.29, 1.82) is 0 Å². The third-order valence-corrected chi connectivity index (χ3v) is 3.14. The van der Waals surface area contributed by atoms with E-state index in [0.29, 0.717) is 24.3 Å². The predicted molar refractivity (Wildman–Crippen MR) is 83.8 cm³/mol. The minimum atomic E-state index is -0.406. The second kappa shape index (κ2) is 7.98. The molecule has 3 N–H and O–H groups in total. The van der Waals surface area contributed by atoms with Gasteiger partial charge in [-0.1, -0.05) is 20.8 Å². The Balaban J connectivity index is 2.73. The van der Waals surface area contributed by atoms with E-state index in [2.05, 4.69) is 26.1 Å². The Morgan fingerprint density at radius 3 is 2.55 bits per heavy atom. The molecule has 0 radical (unpaired) electrons. The van der Waals surface area contributed by atoms with Gasteiger partial charge in [0.15, 0.2) is 11.6 Å². The van der Waals surface area contributed by atoms with Gasteiger partial charge in [0.1, 0.15) is 0 Å². The fourth-order valence-corrected chi connectivity index (χ4v) is 1.94. The Hall–Kier alpha value is -1.45. The Bertz CT molecular complexity index is 421. The summed E-state index contributed by atoms with van der Waals surface area (Å²) in [6.07, 6.45) is 3.05. The molecule has 0 aliphatic rings. The van der Waals surface area contributed by atoms with E-state index < -0.39 is 5.82 Å². The number of halogens is 1. The zero-order chi connectivity index (χ0) is 15.1. The third kappa shape index (κ3) is 5.27. The van der Waals surface area contributed by atoms with Crippen molar-refractivity contribution >= 4 is 11.4 Å². The van der Waals surface area contributed by atoms with Gasteiger partial charge in [-0.05, 0) is 32.1 Å². The first-order chi connectivity index (χ1) is 9.43. The summed E-state index contributed by atoms with van der Waals surface area (Å²) < 4.78 is 19.1. The van der Waals surface area contributed by atoms with Crippen molar-refractivity contribution < 1.29 is 9.13 Å². The van der Waals surface area contributed by atoms with Crippen molar-refractivity contribution in [3.05, 3.63) is 17.9 Å². The maximum absolute atomic E-state index is 13.7. The standard InChI is InChI=1S/C16H27FN2O/c1-5-8-20-16-10-15(14(18)9-13(16)17)19-12(4)7-6-11(2)3/h9-12,19H,5-8,18H2,1-4H3. The Morgan fingerprint density at radius 1 is 1.25 bits per heavy atom. The number of benzene rings is 1. The van der Waals surface area contributed by atoms with Gasteiger partial charge >= 0.3 is 0 Å². The molecular weight excluding hydrogens is 255 g/mol. The largest absolute Gasteiger partial charge is 0.490 e. The van der Waals surface area contributed by atoms with Crippen molar-refractivity contribution in [2.24, 2.45) is 5.92 Å². The van der Waals surface area contributed by atoms with Crippen LogP contribution in [0.4, 0.5) is 15.8 Å². The van der Waals surface area contributed by atoms with Crippen LogP contribution in [0.15, 0.2) is 12.1 Å². The molecular formula is C16H27FN2O. The quantitative estimate of drug-likeness (QED) is 0.693. The molecule has 4 heteroatoms. The van der Waals surface area contributed by atoms with Crippen LogP contribution in [0.1, 0.15) is 47.0 Å². The zero-order valence-electron chi connectivity index (χ0n) is 13.0. The fourth-order valence-electron chi connectivity index (χ4n) is 1.94. The first-order valence-electron chi connectivity index (χ1n) is 7.42. The van der Waals surface area contributed by atoms with E-state index >= 15 is 0 Å². The van der Waals surface area contributed by atoms with E-state index in [0.717, 1.165) is 24.9 Å². The second-order valence-electron chi connectivity index (χ2n) is 5.73. The molecule has 1 aromatic carbocycles. The van der Waals surface area contributed by atoms with Gasteiger partial charge < -0.3 is 15.8 Å². The van der Waals surface area contributed by atoms with E-state index in [1.807, 2.05) is 6.92 Å². The first-order valence-corrected chi connectivity index (χ1v) is 7.42. The molecule has 0 bridgehead atoms. The summed E-state index contributed by atoms with van der Waals surface area (Å²) in [5.74, 6) is 0.532. The van der Waals surface area contributed by atoms with Gasteiger partial charge in [-0.2, -0.15) is 0 Å². The maximum atomic E-state index is 13.7. The van der Waals surface area contributed by atoms with Crippen LogP contribution in [-0.4, -0.2) is 12.6 Å². The van der Waals surface area contributed by atoms with Crippen LogP contribution in [0.3, 0.4) is 0 Å². The number of nitrogen functional groups attached to an aromatic ring is 1. The van der Waals surface area contributed by atoms with Crippen LogP contribution in [0.25, 0.3) is 0 Å². The number of nitrogens with two attached hydrogens (primary N) is 1. The van der Waals surface area contributed by atoms with E-state index in [1.54, 1.807) is 6.07 Å². The molecule has 0 fully saturated rings. The monoisotopic (exact) mass is 282 g/mol. The topological polar surface area (TPSA) is 47.3 Å². The van der Waals surface area contributed by atoms with Gasteiger partial charge in [-0.25, -0.2) is 4.39 Å². The summed E-state index contributed by atoms with van der Waals surface area (Å²) in [4.78, 5) is 0. The Morgan fingerprint density at radius 2 is 1.95 bits per heavy atom. The molecule has 1 unspecified atom stereocenters. The van der Waals surface area contributed by atoms with Gasteiger partial charge in [-0.15, -0.1) is 0 Å². The number of hydrogen-bond donors (Lipinski definition) is 2. The summed E-state index contributed by atoms with van der Waals surface area (Å²) in [5, 5.41) is 3.34. The summed E-state index contributed by atoms with van der Waals surface area (Å²) >= 11 is 0. The number of ether oxygens (including phenoxy) is 1. The highest BCUT2D eigenvalue weighted by Gasteiger charge is 2.11. The van der Waals surface area contributed by atoms with E-state index in [1.165, 1.54) is 6.07 Å². The molecule has 0 heterocycles. The molecule has 1 atom stereocenters. The minimum absolute atomic E-state index is 0.264. The highest BCUT2D eigenvalue weighted by Crippen LogP contribution is 2.29. The highest BCUT2D eigenvalue weighted by molar-refractivity contribution is 5.68. The van der Waals surface area contributed by atoms with E-state index in [-0.39, 0.29) is 5.75 Å². The number of nitrogens with one attached hydrogen (secondary N) is 1. The second-order valence-corrected chi connectivity index (χ2v) is 5.73. The fraction of sp³-hybridized carbons (Fsp3) is 0.625. The van der Waals surface area contributed by atoms with E-state index in [9.17, 15) is 4.39 Å². The van der Waals surface area contributed by atoms with Crippen LogP contribution in [0.2, 0.25) is 0 Å². The normalized spacial score (nSPS) is 12.5. The lowest BCUT2D eigenvalue weighted by molar-refractivity contribution is 0.301. The average Bonchev–Trinajstić information content (AvgIpc) is 2.38. The van der Waals surface area contributed by atoms with Crippen LogP contribution >= 0.6 is 0 Å². The zero-order valence-corrected chi connectivity index (χ0v) is 13.0. The van der Waals surface area contributed by atoms with Gasteiger partial charge in [0, 0.05) is 18.2 Å². The van der Waals surface area contributed by atoms with Gasteiger partial charge in [0.05, 0.1) is 18.0 Å². The van der Waals surface area contributed by atoms with Crippen LogP contribution in [-0.2, 0) is 0 Å². The van der Waals surface area contributed by atoms with Crippen LogP contribution < -0.4 is 15.8 Å². The van der Waals surface area contributed by atoms with Crippen LogP contribution in [0.5, 0.6) is 5.75 Å². The third-order valence-electron chi connectivity index (χ3n) is 3.14. The first kappa shape index (κ1) is 16.6. The Kier molecular flexibility index (Phi) is 6.62. The van der Waals surface area contributed by atoms with Gasteiger partial charge in [0.2, 0.25) is 0 Å². The highest BCUT2D eigenvalue weighted by atomic mass is 19.1. The van der Waals surface area contributed by atoms with Crippen molar-refractivity contribution in [3.63, 3.8) is 0 Å². The maximum Gasteiger partial charge on any atom is 0.167 e. The lowest BCUT2D eigenvalue weighted by Gasteiger charge is -2.19. The smallest absolute Gasteiger partial charge is 0.167 e. The van der Waals surface area contributed by atoms with Crippen molar-refractivity contribution in [2.45, 2.75) is 53.0 Å². The molecule has 0 aliphatic heterocycles. The average molecular weight is 282 g/mol. The molecule has 0 spiro atoms. The van der Waals surface area contributed by atoms with Gasteiger partial charge in [-0.3, -0.25) is 0 Å². The molecule has 3 nitrogen and oxygen atoms in total. The molecule has 1 aromatic rings. The number of rotatable bonds is 8. The van der Waals surface area contributed by atoms with E-state index in [4.69, 9.17) is 10.5 Å². The molecule has 20 heavy (non-hydrogen) atoms. The number of hydrogen-bond acceptors (Lipinski definition) is 3. The molecule has 0 aliphatic carbocycles. The summed E-state index contributed by atoms with van der Waals surface area (Å²) in [6, 6.07) is 3.28. The predicted octanol–water partition coefficient (Wildman–Crippen LogP) is 4.43. The van der Waals surface area contributed by atoms with Crippen LogP contribution in [0, 0.1) is 11.7 Å². The molecule has 0 saturated carbocycles. The Labute approximate surface area is 121 Å². The summed E-state index contributed by atoms with van der Waals surface area (Å²) in [7, 11) is 0. The van der Waals surface area contributed by atoms with Gasteiger partial charge in [0.25, 0.3) is 0 Å². The molecule has 0 saturated heterocycles. The molecule has 0 aromatic heterocycles. The van der Waals surface area contributed by atoms with Crippen molar-refractivity contribution in [3.8, 4) is 5.75 Å². The minimum Gasteiger partial charge on any atom is -0.490 e.